The van der Waals surface area contributed by atoms with Crippen LogP contribution in [0.4, 0.5) is 0 Å². The van der Waals surface area contributed by atoms with Crippen molar-refractivity contribution in [3.05, 3.63) is 0 Å². The van der Waals surface area contributed by atoms with Gasteiger partial charge in [0.1, 0.15) is 0 Å². The molecule has 0 radical (unpaired) electrons. The minimum Gasteiger partial charge on any atom is -0.769 e. The molecule has 46 valence electrons. The summed E-state index contributed by atoms with van der Waals surface area (Å²) in [5, 5.41) is 0. The number of halogens is 1. The Morgan fingerprint density at radius 2 is 1.43 bits per heavy atom. The van der Waals surface area contributed by atoms with Gasteiger partial charge in [0.05, 0.1) is 0 Å². The molecule has 7 heavy (non-hydrogen) atoms. The van der Waals surface area contributed by atoms with E-state index in [0.717, 1.165) is 0 Å². The van der Waals surface area contributed by atoms with Gasteiger partial charge in [-0.3, -0.25) is 0 Å². The summed E-state index contributed by atoms with van der Waals surface area (Å²) in [7, 11) is 0. The van der Waals surface area contributed by atoms with Crippen molar-refractivity contribution in [2.24, 2.45) is 0 Å². The van der Waals surface area contributed by atoms with Gasteiger partial charge in [-0.1, -0.05) is 33.1 Å². The predicted molar refractivity (Wildman–Crippen MR) is 31.1 cm³/mol. The normalized spacial score (nSPS) is 6.86. The van der Waals surface area contributed by atoms with Crippen molar-refractivity contribution in [1.29, 1.82) is 0 Å². The maximum atomic E-state index is 7.72. The lowest BCUT2D eigenvalue weighted by Crippen LogP contribution is -1.62. The molecule has 0 aromatic carbocycles. The minimum absolute atomic E-state index is 1.34. The van der Waals surface area contributed by atoms with E-state index in [2.05, 4.69) is 25.7 Å². The third-order valence-electron chi connectivity index (χ3n) is 0.707. The van der Waals surface area contributed by atoms with E-state index in [1.807, 2.05) is 0 Å². The van der Waals surface area contributed by atoms with E-state index in [9.17, 15) is 0 Å². The predicted octanol–water partition coefficient (Wildman–Crippen LogP) is 1.70. The third-order valence-corrected chi connectivity index (χ3v) is 0.707. The molecule has 0 aliphatic heterocycles. The molecule has 0 aliphatic carbocycles. The highest BCUT2D eigenvalue weighted by Gasteiger charge is 1.68. The highest BCUT2D eigenvalue weighted by atomic mass is 35.5. The Morgan fingerprint density at radius 1 is 1.14 bits per heavy atom. The second-order valence-electron chi connectivity index (χ2n) is 1.35. The molecular formula is C5H12ClO-. The first-order valence-electron chi connectivity index (χ1n) is 2.57. The second kappa shape index (κ2) is 16.3. The van der Waals surface area contributed by atoms with Crippen LogP contribution in [0, 0.1) is 0 Å². The van der Waals surface area contributed by atoms with Crippen molar-refractivity contribution in [2.75, 3.05) is 0 Å². The largest absolute Gasteiger partial charge is 0.769 e. The Hall–Kier alpha value is 0.250. The summed E-state index contributed by atoms with van der Waals surface area (Å²) in [6, 6.07) is 0. The van der Waals surface area contributed by atoms with Crippen LogP contribution in [0.1, 0.15) is 33.1 Å². The van der Waals surface area contributed by atoms with Crippen LogP contribution in [0.25, 0.3) is 0 Å². The number of unbranched alkanes of at least 4 members (excludes halogenated alkanes) is 2. The van der Waals surface area contributed by atoms with E-state index < -0.39 is 0 Å². The average Bonchev–Trinajstić information content (AvgIpc) is 1.75. The molecule has 0 aromatic heterocycles. The highest BCUT2D eigenvalue weighted by Crippen LogP contribution is 1.88. The fourth-order valence-corrected chi connectivity index (χ4v) is 0.354. The van der Waals surface area contributed by atoms with E-state index in [1.165, 1.54) is 19.3 Å². The fraction of sp³-hybridized carbons (Fsp3) is 1.00. The molecule has 0 atom stereocenters. The molecule has 0 heterocycles. The van der Waals surface area contributed by atoms with Crippen molar-refractivity contribution in [1.82, 2.24) is 0 Å². The first kappa shape index (κ1) is 10.3. The lowest BCUT2D eigenvalue weighted by molar-refractivity contribution is -0.166. The second-order valence-corrected chi connectivity index (χ2v) is 1.35. The van der Waals surface area contributed by atoms with E-state index in [0.29, 0.717) is 0 Å². The SMILES string of the molecule is CCCCC.[O-]Cl. The van der Waals surface area contributed by atoms with Gasteiger partial charge in [0.15, 0.2) is 0 Å². The number of hydrogen-bond acceptors (Lipinski definition) is 1. The van der Waals surface area contributed by atoms with Crippen molar-refractivity contribution >= 4 is 11.9 Å². The van der Waals surface area contributed by atoms with Crippen LogP contribution in [0.5, 0.6) is 0 Å². The quantitative estimate of drug-likeness (QED) is 0.548. The number of hydrogen-bond donors (Lipinski definition) is 0. The summed E-state index contributed by atoms with van der Waals surface area (Å²) in [6.07, 6.45) is 4.08. The Balaban J connectivity index is 0. The van der Waals surface area contributed by atoms with Crippen LogP contribution in [0.3, 0.4) is 0 Å². The summed E-state index contributed by atoms with van der Waals surface area (Å²) < 4.78 is 7.72. The van der Waals surface area contributed by atoms with Crippen molar-refractivity contribution in [3.63, 3.8) is 0 Å². The lowest BCUT2D eigenvalue weighted by atomic mass is 10.3. The molecule has 0 unspecified atom stereocenters. The average molecular weight is 124 g/mol. The van der Waals surface area contributed by atoms with Gasteiger partial charge < -0.3 is 4.66 Å². The van der Waals surface area contributed by atoms with Crippen molar-refractivity contribution in [3.8, 4) is 0 Å². The fourth-order valence-electron chi connectivity index (χ4n) is 0.354. The maximum absolute atomic E-state index is 7.72. The zero-order chi connectivity index (χ0) is 6.12. The Kier molecular flexibility index (Phi) is 23.9. The Morgan fingerprint density at radius 3 is 1.43 bits per heavy atom. The van der Waals surface area contributed by atoms with Gasteiger partial charge >= 0.3 is 0 Å². The van der Waals surface area contributed by atoms with E-state index >= 15 is 0 Å². The van der Waals surface area contributed by atoms with Gasteiger partial charge in [0.25, 0.3) is 0 Å². The molecule has 0 aliphatic rings. The first-order valence-corrected chi connectivity index (χ1v) is 2.88. The molecule has 2 heteroatoms. The zero-order valence-electron chi connectivity index (χ0n) is 4.91. The van der Waals surface area contributed by atoms with Gasteiger partial charge in [0.2, 0.25) is 0 Å². The molecular weight excluding hydrogens is 112 g/mol. The topological polar surface area (TPSA) is 23.1 Å². The van der Waals surface area contributed by atoms with E-state index in [1.54, 1.807) is 0 Å². The van der Waals surface area contributed by atoms with Crippen LogP contribution in [-0.2, 0) is 0 Å². The van der Waals surface area contributed by atoms with Gasteiger partial charge in [0, 0.05) is 0 Å². The molecule has 0 bridgehead atoms. The molecule has 0 spiro atoms. The monoisotopic (exact) mass is 123 g/mol. The van der Waals surface area contributed by atoms with Gasteiger partial charge in [-0.2, -0.15) is 0 Å². The van der Waals surface area contributed by atoms with Crippen molar-refractivity contribution in [2.45, 2.75) is 33.1 Å². The molecule has 0 saturated heterocycles. The van der Waals surface area contributed by atoms with Gasteiger partial charge in [-0.05, 0) is 0 Å². The molecule has 0 amide bonds. The van der Waals surface area contributed by atoms with Crippen LogP contribution < -0.4 is 4.66 Å². The van der Waals surface area contributed by atoms with Crippen LogP contribution in [0.2, 0.25) is 0 Å². The highest BCUT2D eigenvalue weighted by molar-refractivity contribution is 6.02. The first-order chi connectivity index (χ1) is 3.41. The molecule has 0 aromatic rings. The smallest absolute Gasteiger partial charge is 0.0538 e. The molecule has 0 N–H and O–H groups in total. The number of rotatable bonds is 2. The van der Waals surface area contributed by atoms with Gasteiger partial charge in [-0.25, -0.2) is 11.9 Å². The lowest BCUT2D eigenvalue weighted by Gasteiger charge is -1.79. The Bertz CT molecular complexity index is 15.6. The summed E-state index contributed by atoms with van der Waals surface area (Å²) in [6.45, 7) is 4.42. The van der Waals surface area contributed by atoms with Gasteiger partial charge in [-0.15, -0.1) is 0 Å². The molecule has 1 nitrogen and oxygen atoms in total. The van der Waals surface area contributed by atoms with E-state index in [-0.39, 0.29) is 0 Å². The van der Waals surface area contributed by atoms with Crippen LogP contribution in [-0.4, -0.2) is 0 Å². The van der Waals surface area contributed by atoms with Crippen LogP contribution >= 0.6 is 11.9 Å². The summed E-state index contributed by atoms with van der Waals surface area (Å²) in [5.74, 6) is 0. The standard InChI is InChI=1S/C5H12.ClO/c1-3-5-4-2;1-2/h3-5H2,1-2H3;/q;-1. The van der Waals surface area contributed by atoms with Crippen molar-refractivity contribution < 1.29 is 4.66 Å². The summed E-state index contributed by atoms with van der Waals surface area (Å²) >= 11 is 3.39. The molecule has 0 saturated carbocycles. The third kappa shape index (κ3) is 22.3. The minimum atomic E-state index is 1.34. The Labute approximate surface area is 50.5 Å². The van der Waals surface area contributed by atoms with E-state index in [4.69, 9.17) is 4.66 Å². The summed E-state index contributed by atoms with van der Waals surface area (Å²) in [4.78, 5) is 0. The van der Waals surface area contributed by atoms with Crippen LogP contribution in [0.15, 0.2) is 0 Å². The summed E-state index contributed by atoms with van der Waals surface area (Å²) in [5.41, 5.74) is 0. The molecule has 0 fully saturated rings. The maximum Gasteiger partial charge on any atom is -0.0538 e. The zero-order valence-corrected chi connectivity index (χ0v) is 5.66. The molecule has 0 rings (SSSR count).